The number of nitriles is 1. The number of aliphatic hydroxyl groups is 1. The van der Waals surface area contributed by atoms with Crippen LogP contribution in [0.5, 0.6) is 11.5 Å². The van der Waals surface area contributed by atoms with Crippen LogP contribution >= 0.6 is 0 Å². The van der Waals surface area contributed by atoms with E-state index in [9.17, 15) is 10.4 Å². The molecule has 6 nitrogen and oxygen atoms in total. The van der Waals surface area contributed by atoms with E-state index >= 15 is 0 Å². The summed E-state index contributed by atoms with van der Waals surface area (Å²) in [6, 6.07) is 15.0. The van der Waals surface area contributed by atoms with Crippen molar-refractivity contribution in [2.45, 2.75) is 50.7 Å². The third-order valence-electron chi connectivity index (χ3n) is 7.38. The highest BCUT2D eigenvalue weighted by Crippen LogP contribution is 2.38. The highest BCUT2D eigenvalue weighted by molar-refractivity contribution is 5.79. The number of aliphatic hydroxyl groups excluding tert-OH is 1. The van der Waals surface area contributed by atoms with Crippen LogP contribution in [-0.4, -0.2) is 50.1 Å². The van der Waals surface area contributed by atoms with Crippen molar-refractivity contribution in [3.63, 3.8) is 0 Å². The second-order valence-corrected chi connectivity index (χ2v) is 9.45. The monoisotopic (exact) mass is 447 g/mol. The Morgan fingerprint density at radius 3 is 2.58 bits per heavy atom. The Morgan fingerprint density at radius 2 is 1.79 bits per heavy atom. The Hall–Kier alpha value is -2.75. The van der Waals surface area contributed by atoms with Crippen molar-refractivity contribution in [1.82, 2.24) is 5.32 Å². The minimum absolute atomic E-state index is 0.146. The Labute approximate surface area is 196 Å². The van der Waals surface area contributed by atoms with Gasteiger partial charge < -0.3 is 24.8 Å². The Balaban J connectivity index is 1.26. The molecule has 0 bridgehead atoms. The van der Waals surface area contributed by atoms with Crippen molar-refractivity contribution < 1.29 is 14.6 Å². The fraction of sp³-hybridized carbons (Fsp3) is 0.519. The van der Waals surface area contributed by atoms with Gasteiger partial charge in [0.25, 0.3) is 0 Å². The van der Waals surface area contributed by atoms with Crippen molar-refractivity contribution in [2.75, 3.05) is 37.7 Å². The van der Waals surface area contributed by atoms with Gasteiger partial charge in [0.2, 0.25) is 0 Å². The maximum absolute atomic E-state index is 10.2. The van der Waals surface area contributed by atoms with E-state index in [4.69, 9.17) is 9.47 Å². The molecule has 0 aromatic heterocycles. The summed E-state index contributed by atoms with van der Waals surface area (Å²) in [4.78, 5) is 2.34. The Morgan fingerprint density at radius 1 is 1.00 bits per heavy atom. The summed E-state index contributed by atoms with van der Waals surface area (Å²) in [7, 11) is 0. The van der Waals surface area contributed by atoms with E-state index < -0.39 is 0 Å². The molecule has 1 aliphatic carbocycles. The Kier molecular flexibility index (Phi) is 6.70. The van der Waals surface area contributed by atoms with Crippen molar-refractivity contribution in [1.29, 1.82) is 5.26 Å². The summed E-state index contributed by atoms with van der Waals surface area (Å²) in [6.07, 6.45) is 6.41. The second kappa shape index (κ2) is 10.0. The minimum atomic E-state index is -0.146. The van der Waals surface area contributed by atoms with E-state index in [1.807, 2.05) is 30.3 Å². The first-order chi connectivity index (χ1) is 16.2. The zero-order chi connectivity index (χ0) is 22.6. The highest BCUT2D eigenvalue weighted by atomic mass is 16.6. The Bertz CT molecular complexity index is 1010. The van der Waals surface area contributed by atoms with Gasteiger partial charge in [-0.15, -0.1) is 0 Å². The molecule has 1 saturated carbocycles. The largest absolute Gasteiger partial charge is 0.486 e. The van der Waals surface area contributed by atoms with Gasteiger partial charge in [-0.2, -0.15) is 5.26 Å². The number of piperidine rings is 1. The number of nitrogens with zero attached hydrogens (tertiary/aromatic N) is 2. The number of rotatable bonds is 5. The third-order valence-corrected chi connectivity index (χ3v) is 7.38. The van der Waals surface area contributed by atoms with Gasteiger partial charge in [0, 0.05) is 31.2 Å². The summed E-state index contributed by atoms with van der Waals surface area (Å²) in [5.74, 6) is 1.89. The maximum Gasteiger partial charge on any atom is 0.161 e. The van der Waals surface area contributed by atoms with Gasteiger partial charge in [0.15, 0.2) is 11.5 Å². The molecule has 3 aliphatic rings. The summed E-state index contributed by atoms with van der Waals surface area (Å²) in [5, 5.41) is 24.0. The molecule has 174 valence electrons. The first-order valence-corrected chi connectivity index (χ1v) is 12.3. The molecule has 2 aromatic rings. The summed E-state index contributed by atoms with van der Waals surface area (Å²) in [6.45, 7) is 3.87. The van der Waals surface area contributed by atoms with Crippen molar-refractivity contribution in [2.24, 2.45) is 5.92 Å². The van der Waals surface area contributed by atoms with Crippen LogP contribution in [0.1, 0.15) is 44.1 Å². The predicted molar refractivity (Wildman–Crippen MR) is 129 cm³/mol. The summed E-state index contributed by atoms with van der Waals surface area (Å²) in [5.41, 5.74) is 3.62. The number of benzene rings is 2. The molecule has 2 atom stereocenters. The third kappa shape index (κ3) is 4.80. The van der Waals surface area contributed by atoms with Gasteiger partial charge in [-0.25, -0.2) is 0 Å². The van der Waals surface area contributed by atoms with E-state index in [-0.39, 0.29) is 6.10 Å². The topological polar surface area (TPSA) is 77.8 Å². The van der Waals surface area contributed by atoms with Crippen LogP contribution in [0, 0.1) is 17.2 Å². The maximum atomic E-state index is 10.2. The number of ether oxygens (including phenoxy) is 2. The smallest absolute Gasteiger partial charge is 0.161 e. The molecule has 1 saturated heterocycles. The molecule has 2 aromatic carbocycles. The van der Waals surface area contributed by atoms with Crippen LogP contribution in [-0.2, 0) is 0 Å². The van der Waals surface area contributed by atoms with E-state index in [0.29, 0.717) is 30.7 Å². The van der Waals surface area contributed by atoms with Gasteiger partial charge in [-0.05, 0) is 55.4 Å². The summed E-state index contributed by atoms with van der Waals surface area (Å²) < 4.78 is 11.4. The standard InChI is InChI=1S/C27H33N3O3/c28-17-23-22(19-8-9-26-27(16-19)33-15-14-32-26)5-3-6-24(23)30-12-10-21(11-13-30)29-18-20-4-1-2-7-25(20)31/h3,5-6,8-9,16,20-21,25,29,31H,1-2,4,7,10-15,18H2. The number of hydrogen-bond donors (Lipinski definition) is 2. The van der Waals surface area contributed by atoms with Crippen molar-refractivity contribution in [3.8, 4) is 28.7 Å². The van der Waals surface area contributed by atoms with Crippen molar-refractivity contribution in [3.05, 3.63) is 42.0 Å². The lowest BCUT2D eigenvalue weighted by Crippen LogP contribution is -2.45. The molecule has 2 N–H and O–H groups in total. The molecule has 2 fully saturated rings. The molecule has 2 unspecified atom stereocenters. The number of nitrogens with one attached hydrogen (secondary N) is 1. The van der Waals surface area contributed by atoms with E-state index in [2.05, 4.69) is 22.4 Å². The molecule has 0 radical (unpaired) electrons. The van der Waals surface area contributed by atoms with Crippen LogP contribution in [0.3, 0.4) is 0 Å². The molecular formula is C27H33N3O3. The summed E-state index contributed by atoms with van der Waals surface area (Å²) >= 11 is 0. The quantitative estimate of drug-likeness (QED) is 0.718. The van der Waals surface area contributed by atoms with Crippen LogP contribution in [0.15, 0.2) is 36.4 Å². The molecule has 2 aliphatic heterocycles. The van der Waals surface area contributed by atoms with Crippen LogP contribution in [0.2, 0.25) is 0 Å². The average Bonchev–Trinajstić information content (AvgIpc) is 2.88. The minimum Gasteiger partial charge on any atom is -0.486 e. The van der Waals surface area contributed by atoms with Gasteiger partial charge in [0.05, 0.1) is 17.4 Å². The van der Waals surface area contributed by atoms with Crippen molar-refractivity contribution >= 4 is 5.69 Å². The van der Waals surface area contributed by atoms with Gasteiger partial charge in [-0.1, -0.05) is 31.0 Å². The predicted octanol–water partition coefficient (Wildman–Crippen LogP) is 4.11. The number of hydrogen-bond acceptors (Lipinski definition) is 6. The fourth-order valence-electron chi connectivity index (χ4n) is 5.44. The van der Waals surface area contributed by atoms with E-state index in [1.54, 1.807) is 0 Å². The fourth-order valence-corrected chi connectivity index (χ4v) is 5.44. The lowest BCUT2D eigenvalue weighted by molar-refractivity contribution is 0.0676. The first kappa shape index (κ1) is 22.1. The molecule has 2 heterocycles. The first-order valence-electron chi connectivity index (χ1n) is 12.3. The lowest BCUT2D eigenvalue weighted by atomic mass is 9.86. The van der Waals surface area contributed by atoms with Gasteiger partial charge in [0.1, 0.15) is 19.3 Å². The molecule has 33 heavy (non-hydrogen) atoms. The molecule has 6 heteroatoms. The molecule has 0 amide bonds. The SMILES string of the molecule is N#Cc1c(-c2ccc3c(c2)OCCO3)cccc1N1CCC(NCC2CCCCC2O)CC1. The average molecular weight is 448 g/mol. The van der Waals surface area contributed by atoms with E-state index in [1.165, 1.54) is 6.42 Å². The zero-order valence-electron chi connectivity index (χ0n) is 19.1. The van der Waals surface area contributed by atoms with Crippen LogP contribution < -0.4 is 19.7 Å². The van der Waals surface area contributed by atoms with Crippen LogP contribution in [0.25, 0.3) is 11.1 Å². The number of anilines is 1. The van der Waals surface area contributed by atoms with Crippen LogP contribution in [0.4, 0.5) is 5.69 Å². The highest BCUT2D eigenvalue weighted by Gasteiger charge is 2.26. The zero-order valence-corrected chi connectivity index (χ0v) is 19.1. The lowest BCUT2D eigenvalue weighted by Gasteiger charge is -2.36. The van der Waals surface area contributed by atoms with Gasteiger partial charge in [-0.3, -0.25) is 0 Å². The normalized spacial score (nSPS) is 23.2. The van der Waals surface area contributed by atoms with Gasteiger partial charge >= 0.3 is 0 Å². The molecular weight excluding hydrogens is 414 g/mol. The second-order valence-electron chi connectivity index (χ2n) is 9.45. The molecule has 5 rings (SSSR count). The molecule has 0 spiro atoms. The van der Waals surface area contributed by atoms with E-state index in [0.717, 1.165) is 80.1 Å². The number of fused-ring (bicyclic) bond motifs is 1.